The summed E-state index contributed by atoms with van der Waals surface area (Å²) in [7, 11) is 0. The molecule has 0 spiro atoms. The van der Waals surface area contributed by atoms with Crippen LogP contribution in [-0.4, -0.2) is 29.0 Å². The van der Waals surface area contributed by atoms with Crippen LogP contribution in [0.2, 0.25) is 0 Å². The average molecular weight is 257 g/mol. The van der Waals surface area contributed by atoms with Gasteiger partial charge in [-0.1, -0.05) is 13.0 Å². The molecule has 0 bridgehead atoms. The summed E-state index contributed by atoms with van der Waals surface area (Å²) in [5.41, 5.74) is -0.0102. The molecule has 2 unspecified atom stereocenters. The summed E-state index contributed by atoms with van der Waals surface area (Å²) >= 11 is 3.78. The number of thioether (sulfide) groups is 1. The van der Waals surface area contributed by atoms with Gasteiger partial charge in [-0.25, -0.2) is 0 Å². The Kier molecular flexibility index (Phi) is 4.30. The van der Waals surface area contributed by atoms with E-state index in [4.69, 9.17) is 0 Å². The van der Waals surface area contributed by atoms with Gasteiger partial charge in [0.1, 0.15) is 0 Å². The third-order valence-corrected chi connectivity index (χ3v) is 5.54. The van der Waals surface area contributed by atoms with Crippen LogP contribution in [0.1, 0.15) is 26.2 Å². The van der Waals surface area contributed by atoms with Gasteiger partial charge in [0.05, 0.1) is 10.8 Å². The van der Waals surface area contributed by atoms with Crippen molar-refractivity contribution in [3.8, 4) is 0 Å². The standard InChI is InChI=1S/C12H19NOS2/c1-2-13-12(9-14)6-5-10(8-12)16-11-4-3-7-15-11/h3-4,7,10,13-14H,2,5-6,8-9H2,1H3. The van der Waals surface area contributed by atoms with Crippen LogP contribution in [0.25, 0.3) is 0 Å². The largest absolute Gasteiger partial charge is 0.394 e. The van der Waals surface area contributed by atoms with Crippen molar-refractivity contribution >= 4 is 23.1 Å². The molecule has 1 aromatic heterocycles. The summed E-state index contributed by atoms with van der Waals surface area (Å²) in [5.74, 6) is 0. The van der Waals surface area contributed by atoms with Crippen molar-refractivity contribution in [3.05, 3.63) is 17.5 Å². The molecule has 4 heteroatoms. The minimum atomic E-state index is -0.0102. The molecule has 1 aliphatic carbocycles. The summed E-state index contributed by atoms with van der Waals surface area (Å²) in [6.07, 6.45) is 3.39. The number of hydrogen-bond acceptors (Lipinski definition) is 4. The van der Waals surface area contributed by atoms with Crippen molar-refractivity contribution < 1.29 is 5.11 Å². The minimum absolute atomic E-state index is 0.0102. The summed E-state index contributed by atoms with van der Waals surface area (Å²) in [5, 5.41) is 15.8. The van der Waals surface area contributed by atoms with Crippen molar-refractivity contribution in [2.75, 3.05) is 13.2 Å². The lowest BCUT2D eigenvalue weighted by Crippen LogP contribution is -2.46. The third kappa shape index (κ3) is 2.80. The van der Waals surface area contributed by atoms with E-state index in [9.17, 15) is 5.11 Å². The molecule has 1 fully saturated rings. The van der Waals surface area contributed by atoms with Crippen LogP contribution in [0, 0.1) is 0 Å². The summed E-state index contributed by atoms with van der Waals surface area (Å²) in [6, 6.07) is 4.28. The normalized spacial score (nSPS) is 29.8. The molecule has 2 N–H and O–H groups in total. The Labute approximate surface area is 105 Å². The van der Waals surface area contributed by atoms with Crippen molar-refractivity contribution in [3.63, 3.8) is 0 Å². The van der Waals surface area contributed by atoms with Gasteiger partial charge < -0.3 is 10.4 Å². The molecule has 0 radical (unpaired) electrons. The first-order valence-corrected chi connectivity index (χ1v) is 7.60. The van der Waals surface area contributed by atoms with E-state index >= 15 is 0 Å². The van der Waals surface area contributed by atoms with E-state index in [-0.39, 0.29) is 12.1 Å². The van der Waals surface area contributed by atoms with Crippen LogP contribution in [0.4, 0.5) is 0 Å². The lowest BCUT2D eigenvalue weighted by atomic mass is 9.99. The SMILES string of the molecule is CCNC1(CO)CCC(Sc2cccs2)C1. The van der Waals surface area contributed by atoms with Crippen LogP contribution in [0.3, 0.4) is 0 Å². The van der Waals surface area contributed by atoms with Crippen LogP contribution in [0.5, 0.6) is 0 Å². The maximum atomic E-state index is 9.52. The van der Waals surface area contributed by atoms with E-state index in [2.05, 4.69) is 29.8 Å². The molecule has 1 saturated carbocycles. The predicted octanol–water partition coefficient (Wildman–Crippen LogP) is 2.73. The van der Waals surface area contributed by atoms with Gasteiger partial charge in [-0.2, -0.15) is 0 Å². The van der Waals surface area contributed by atoms with Crippen LogP contribution >= 0.6 is 23.1 Å². The molecular weight excluding hydrogens is 238 g/mol. The topological polar surface area (TPSA) is 32.3 Å². The quantitative estimate of drug-likeness (QED) is 0.851. The van der Waals surface area contributed by atoms with Crippen LogP contribution in [0.15, 0.2) is 21.7 Å². The van der Waals surface area contributed by atoms with Gasteiger partial charge in [-0.05, 0) is 37.3 Å². The monoisotopic (exact) mass is 257 g/mol. The number of thiophene rings is 1. The number of rotatable bonds is 5. The summed E-state index contributed by atoms with van der Waals surface area (Å²) < 4.78 is 1.40. The zero-order chi connectivity index (χ0) is 11.4. The molecule has 1 aromatic rings. The van der Waals surface area contributed by atoms with Crippen molar-refractivity contribution in [1.29, 1.82) is 0 Å². The first-order chi connectivity index (χ1) is 7.78. The molecule has 0 aliphatic heterocycles. The number of aliphatic hydroxyl groups excluding tert-OH is 1. The molecule has 2 atom stereocenters. The van der Waals surface area contributed by atoms with Gasteiger partial charge in [-0.3, -0.25) is 0 Å². The van der Waals surface area contributed by atoms with E-state index in [0.717, 1.165) is 19.4 Å². The van der Waals surface area contributed by atoms with E-state index in [1.807, 2.05) is 23.1 Å². The Morgan fingerprint density at radius 1 is 1.69 bits per heavy atom. The van der Waals surface area contributed by atoms with Crippen molar-refractivity contribution in [2.24, 2.45) is 0 Å². The number of hydrogen-bond donors (Lipinski definition) is 2. The Morgan fingerprint density at radius 3 is 3.19 bits per heavy atom. The first-order valence-electron chi connectivity index (χ1n) is 5.84. The molecule has 2 rings (SSSR count). The van der Waals surface area contributed by atoms with Crippen molar-refractivity contribution in [1.82, 2.24) is 5.32 Å². The van der Waals surface area contributed by atoms with Gasteiger partial charge in [0.2, 0.25) is 0 Å². The second-order valence-electron chi connectivity index (χ2n) is 4.38. The Hall–Kier alpha value is -0.0300. The zero-order valence-corrected chi connectivity index (χ0v) is 11.2. The van der Waals surface area contributed by atoms with Gasteiger partial charge in [0.15, 0.2) is 0 Å². The summed E-state index contributed by atoms with van der Waals surface area (Å²) in [6.45, 7) is 3.32. The maximum Gasteiger partial charge on any atom is 0.0613 e. The Bertz CT molecular complexity index is 315. The molecule has 2 nitrogen and oxygen atoms in total. The molecule has 1 aliphatic rings. The van der Waals surface area contributed by atoms with E-state index < -0.39 is 0 Å². The molecule has 1 heterocycles. The van der Waals surface area contributed by atoms with Crippen molar-refractivity contribution in [2.45, 2.75) is 41.2 Å². The highest BCUT2D eigenvalue weighted by molar-refractivity contribution is 8.01. The lowest BCUT2D eigenvalue weighted by molar-refractivity contribution is 0.167. The Morgan fingerprint density at radius 2 is 2.56 bits per heavy atom. The molecule has 16 heavy (non-hydrogen) atoms. The number of likely N-dealkylation sites (N-methyl/N-ethyl adjacent to an activating group) is 1. The zero-order valence-electron chi connectivity index (χ0n) is 9.61. The molecular formula is C12H19NOS2. The van der Waals surface area contributed by atoms with Gasteiger partial charge >= 0.3 is 0 Å². The van der Waals surface area contributed by atoms with Gasteiger partial charge in [0.25, 0.3) is 0 Å². The van der Waals surface area contributed by atoms with Gasteiger partial charge in [-0.15, -0.1) is 23.1 Å². The second-order valence-corrected chi connectivity index (χ2v) is 6.93. The molecule has 0 saturated heterocycles. The fraction of sp³-hybridized carbons (Fsp3) is 0.667. The van der Waals surface area contributed by atoms with E-state index in [0.29, 0.717) is 5.25 Å². The molecule has 0 amide bonds. The fourth-order valence-corrected chi connectivity index (χ4v) is 4.78. The molecule has 90 valence electrons. The fourth-order valence-electron chi connectivity index (χ4n) is 2.41. The van der Waals surface area contributed by atoms with Gasteiger partial charge in [0, 0.05) is 10.8 Å². The van der Waals surface area contributed by atoms with Crippen LogP contribution < -0.4 is 5.32 Å². The average Bonchev–Trinajstić information content (AvgIpc) is 2.90. The predicted molar refractivity (Wildman–Crippen MR) is 71.3 cm³/mol. The smallest absolute Gasteiger partial charge is 0.0613 e. The molecule has 0 aromatic carbocycles. The number of nitrogens with one attached hydrogen (secondary N) is 1. The van der Waals surface area contributed by atoms with Crippen LogP contribution in [-0.2, 0) is 0 Å². The highest BCUT2D eigenvalue weighted by atomic mass is 32.2. The third-order valence-electron chi connectivity index (χ3n) is 3.20. The first kappa shape index (κ1) is 12.4. The lowest BCUT2D eigenvalue weighted by Gasteiger charge is -2.27. The number of aliphatic hydroxyl groups is 1. The van der Waals surface area contributed by atoms with E-state index in [1.165, 1.54) is 10.6 Å². The highest BCUT2D eigenvalue weighted by Crippen LogP contribution is 2.41. The maximum absolute atomic E-state index is 9.52. The van der Waals surface area contributed by atoms with E-state index in [1.54, 1.807) is 0 Å². The minimum Gasteiger partial charge on any atom is -0.394 e. The Balaban J connectivity index is 1.91. The second kappa shape index (κ2) is 5.54. The summed E-state index contributed by atoms with van der Waals surface area (Å²) in [4.78, 5) is 0. The highest BCUT2D eigenvalue weighted by Gasteiger charge is 2.38.